The van der Waals surface area contributed by atoms with E-state index < -0.39 is 5.56 Å². The summed E-state index contributed by atoms with van der Waals surface area (Å²) in [6.07, 6.45) is 1.52. The number of ether oxygens (including phenoxy) is 1. The Bertz CT molecular complexity index is 988. The van der Waals surface area contributed by atoms with Crippen LogP contribution < -0.4 is 10.5 Å². The van der Waals surface area contributed by atoms with E-state index in [-0.39, 0.29) is 11.1 Å². The maximum atomic E-state index is 12.6. The molecule has 0 amide bonds. The number of anilines is 1. The average molecular weight is 425 g/mol. The fourth-order valence-corrected chi connectivity index (χ4v) is 3.71. The van der Waals surface area contributed by atoms with Crippen LogP contribution in [-0.4, -0.2) is 28.9 Å². The van der Waals surface area contributed by atoms with E-state index in [1.807, 2.05) is 24.3 Å². The standard InChI is InChI=1S/C18H18Cl2N4O2S/c1-11(26-3)17-22-13(10-27-17)9-23(2)15-8-21-24(18(25)16(15)20)14-6-4-12(19)5-7-14/h4-8,10-11H,9H2,1-3H3. The second-order valence-electron chi connectivity index (χ2n) is 5.95. The first-order valence-electron chi connectivity index (χ1n) is 8.12. The van der Waals surface area contributed by atoms with Crippen molar-refractivity contribution in [3.8, 4) is 5.69 Å². The van der Waals surface area contributed by atoms with Crippen LogP contribution in [0.4, 0.5) is 5.69 Å². The Hall–Kier alpha value is -1.93. The van der Waals surface area contributed by atoms with Crippen molar-refractivity contribution in [2.45, 2.75) is 19.6 Å². The van der Waals surface area contributed by atoms with Crippen molar-refractivity contribution < 1.29 is 4.74 Å². The molecule has 1 unspecified atom stereocenters. The van der Waals surface area contributed by atoms with Crippen molar-refractivity contribution in [2.75, 3.05) is 19.1 Å². The molecule has 142 valence electrons. The Morgan fingerprint density at radius 2 is 2.00 bits per heavy atom. The Labute approximate surface area is 170 Å². The number of nitrogens with zero attached hydrogens (tertiary/aromatic N) is 4. The van der Waals surface area contributed by atoms with Gasteiger partial charge in [0.15, 0.2) is 0 Å². The molecular formula is C18H18Cl2N4O2S. The third-order valence-electron chi connectivity index (χ3n) is 4.05. The minimum absolute atomic E-state index is 0.0531. The number of halogens is 2. The molecule has 1 atom stereocenters. The maximum Gasteiger partial charge on any atom is 0.292 e. The van der Waals surface area contributed by atoms with Crippen LogP contribution in [0.2, 0.25) is 10.0 Å². The lowest BCUT2D eigenvalue weighted by molar-refractivity contribution is 0.119. The minimum Gasteiger partial charge on any atom is -0.375 e. The van der Waals surface area contributed by atoms with Crippen LogP contribution in [0.1, 0.15) is 23.7 Å². The van der Waals surface area contributed by atoms with E-state index in [9.17, 15) is 4.79 Å². The summed E-state index contributed by atoms with van der Waals surface area (Å²) >= 11 is 13.8. The highest BCUT2D eigenvalue weighted by atomic mass is 35.5. The van der Waals surface area contributed by atoms with E-state index in [0.29, 0.717) is 22.9 Å². The summed E-state index contributed by atoms with van der Waals surface area (Å²) in [7, 11) is 3.49. The van der Waals surface area contributed by atoms with Gasteiger partial charge in [-0.1, -0.05) is 23.2 Å². The number of rotatable bonds is 6. The molecule has 0 aliphatic heterocycles. The number of methoxy groups -OCH3 is 1. The molecular weight excluding hydrogens is 407 g/mol. The van der Waals surface area contributed by atoms with Gasteiger partial charge < -0.3 is 9.64 Å². The van der Waals surface area contributed by atoms with Crippen LogP contribution in [0.25, 0.3) is 5.69 Å². The van der Waals surface area contributed by atoms with E-state index in [4.69, 9.17) is 27.9 Å². The third kappa shape index (κ3) is 4.32. The molecule has 3 rings (SSSR count). The predicted molar refractivity (Wildman–Crippen MR) is 109 cm³/mol. The molecule has 0 saturated carbocycles. The van der Waals surface area contributed by atoms with Gasteiger partial charge in [0.2, 0.25) is 0 Å². The van der Waals surface area contributed by atoms with Gasteiger partial charge in [-0.05, 0) is 31.2 Å². The third-order valence-corrected chi connectivity index (χ3v) is 5.71. The first-order valence-corrected chi connectivity index (χ1v) is 9.76. The van der Waals surface area contributed by atoms with Crippen molar-refractivity contribution in [3.05, 3.63) is 66.9 Å². The van der Waals surface area contributed by atoms with Crippen molar-refractivity contribution in [3.63, 3.8) is 0 Å². The Kier molecular flexibility index (Phi) is 6.16. The second-order valence-corrected chi connectivity index (χ2v) is 7.65. The summed E-state index contributed by atoms with van der Waals surface area (Å²) in [4.78, 5) is 19.1. The second kappa shape index (κ2) is 8.39. The van der Waals surface area contributed by atoms with Gasteiger partial charge >= 0.3 is 0 Å². The lowest BCUT2D eigenvalue weighted by Gasteiger charge is -2.19. The first-order chi connectivity index (χ1) is 12.9. The van der Waals surface area contributed by atoms with Gasteiger partial charge in [0.1, 0.15) is 16.1 Å². The van der Waals surface area contributed by atoms with Gasteiger partial charge in [-0.25, -0.2) is 4.98 Å². The fourth-order valence-electron chi connectivity index (χ4n) is 2.47. The number of aromatic nitrogens is 3. The van der Waals surface area contributed by atoms with E-state index >= 15 is 0 Å². The number of benzene rings is 1. The molecule has 0 fully saturated rings. The predicted octanol–water partition coefficient (Wildman–Crippen LogP) is 4.34. The van der Waals surface area contributed by atoms with Gasteiger partial charge in [-0.2, -0.15) is 9.78 Å². The highest BCUT2D eigenvalue weighted by molar-refractivity contribution is 7.09. The topological polar surface area (TPSA) is 60.2 Å². The van der Waals surface area contributed by atoms with Crippen molar-refractivity contribution in [1.82, 2.24) is 14.8 Å². The van der Waals surface area contributed by atoms with Gasteiger partial charge in [0, 0.05) is 24.6 Å². The molecule has 9 heteroatoms. The molecule has 0 saturated heterocycles. The molecule has 2 heterocycles. The van der Waals surface area contributed by atoms with Crippen LogP contribution >= 0.6 is 34.5 Å². The fraction of sp³-hybridized carbons (Fsp3) is 0.278. The van der Waals surface area contributed by atoms with Crippen molar-refractivity contribution in [1.29, 1.82) is 0 Å². The number of hydrogen-bond donors (Lipinski definition) is 0. The highest BCUT2D eigenvalue weighted by Gasteiger charge is 2.16. The zero-order valence-corrected chi connectivity index (χ0v) is 17.3. The van der Waals surface area contributed by atoms with Crippen molar-refractivity contribution >= 4 is 40.2 Å². The van der Waals surface area contributed by atoms with Gasteiger partial charge in [0.25, 0.3) is 5.56 Å². The van der Waals surface area contributed by atoms with Crippen LogP contribution in [0.3, 0.4) is 0 Å². The van der Waals surface area contributed by atoms with E-state index in [0.717, 1.165) is 10.7 Å². The van der Waals surface area contributed by atoms with Crippen LogP contribution in [0.15, 0.2) is 40.6 Å². The molecule has 6 nitrogen and oxygen atoms in total. The molecule has 2 aromatic heterocycles. The Morgan fingerprint density at radius 1 is 1.30 bits per heavy atom. The molecule has 0 radical (unpaired) electrons. The molecule has 0 spiro atoms. The zero-order valence-electron chi connectivity index (χ0n) is 15.0. The van der Waals surface area contributed by atoms with E-state index in [1.165, 1.54) is 16.0 Å². The summed E-state index contributed by atoms with van der Waals surface area (Å²) in [5.74, 6) is 0. The Balaban J connectivity index is 1.84. The Morgan fingerprint density at radius 3 is 2.67 bits per heavy atom. The summed E-state index contributed by atoms with van der Waals surface area (Å²) in [5, 5.41) is 7.80. The summed E-state index contributed by atoms with van der Waals surface area (Å²) in [6, 6.07) is 6.81. The van der Waals surface area contributed by atoms with Crippen LogP contribution in [0, 0.1) is 0 Å². The number of hydrogen-bond acceptors (Lipinski definition) is 6. The van der Waals surface area contributed by atoms with Crippen molar-refractivity contribution in [2.24, 2.45) is 0 Å². The van der Waals surface area contributed by atoms with E-state index in [1.54, 1.807) is 37.6 Å². The first kappa shape index (κ1) is 19.8. The maximum absolute atomic E-state index is 12.6. The van der Waals surface area contributed by atoms with Crippen LogP contribution in [0.5, 0.6) is 0 Å². The average Bonchev–Trinajstić information content (AvgIpc) is 3.12. The molecule has 27 heavy (non-hydrogen) atoms. The summed E-state index contributed by atoms with van der Waals surface area (Å²) in [6.45, 7) is 2.45. The molecule has 0 aliphatic carbocycles. The SMILES string of the molecule is COC(C)c1nc(CN(C)c2cnn(-c3ccc(Cl)cc3)c(=O)c2Cl)cs1. The van der Waals surface area contributed by atoms with Gasteiger partial charge in [-0.15, -0.1) is 11.3 Å². The smallest absolute Gasteiger partial charge is 0.292 e. The van der Waals surface area contributed by atoms with E-state index in [2.05, 4.69) is 10.1 Å². The molecule has 0 bridgehead atoms. The van der Waals surface area contributed by atoms with Gasteiger partial charge in [-0.3, -0.25) is 4.79 Å². The zero-order chi connectivity index (χ0) is 19.6. The summed E-state index contributed by atoms with van der Waals surface area (Å²) < 4.78 is 6.53. The monoisotopic (exact) mass is 424 g/mol. The largest absolute Gasteiger partial charge is 0.375 e. The molecule has 1 aromatic carbocycles. The molecule has 0 N–H and O–H groups in total. The summed E-state index contributed by atoms with van der Waals surface area (Å²) in [5.41, 5.74) is 1.62. The lowest BCUT2D eigenvalue weighted by Crippen LogP contribution is -2.26. The van der Waals surface area contributed by atoms with Gasteiger partial charge in [0.05, 0.1) is 29.8 Å². The number of thiazole rings is 1. The molecule has 0 aliphatic rings. The molecule has 3 aromatic rings. The normalized spacial score (nSPS) is 12.2. The van der Waals surface area contributed by atoms with Crippen LogP contribution in [-0.2, 0) is 11.3 Å². The lowest BCUT2D eigenvalue weighted by atomic mass is 10.3. The minimum atomic E-state index is -0.393. The highest BCUT2D eigenvalue weighted by Crippen LogP contribution is 2.25. The quantitative estimate of drug-likeness (QED) is 0.588.